The Morgan fingerprint density at radius 1 is 1.29 bits per heavy atom. The van der Waals surface area contributed by atoms with Crippen LogP contribution in [0.15, 0.2) is 24.3 Å². The normalized spacial score (nSPS) is 14.0. The van der Waals surface area contributed by atoms with Gasteiger partial charge in [-0.05, 0) is 38.1 Å². The second-order valence-electron chi connectivity index (χ2n) is 5.93. The van der Waals surface area contributed by atoms with Gasteiger partial charge in [0.1, 0.15) is 0 Å². The number of hydrogen-bond donors (Lipinski definition) is 2. The minimum atomic E-state index is -0.0886. The third kappa shape index (κ3) is 3.10. The summed E-state index contributed by atoms with van der Waals surface area (Å²) in [6, 6.07) is 7.19. The summed E-state index contributed by atoms with van der Waals surface area (Å²) in [5.41, 5.74) is 4.36. The van der Waals surface area contributed by atoms with E-state index in [2.05, 4.69) is 15.7 Å². The highest BCUT2D eigenvalue weighted by atomic mass is 16.2. The van der Waals surface area contributed by atoms with Gasteiger partial charge in [0, 0.05) is 42.8 Å². The van der Waals surface area contributed by atoms with Gasteiger partial charge in [0.15, 0.2) is 0 Å². The average molecular weight is 327 g/mol. The molecule has 1 aromatic carbocycles. The Balaban J connectivity index is 1.65. The zero-order valence-corrected chi connectivity index (χ0v) is 14.1. The van der Waals surface area contributed by atoms with Crippen LogP contribution in [0.5, 0.6) is 0 Å². The summed E-state index contributed by atoms with van der Waals surface area (Å²) in [6.45, 7) is 5.18. The Kier molecular flexibility index (Phi) is 4.24. The summed E-state index contributed by atoms with van der Waals surface area (Å²) in [7, 11) is 1.87. The highest BCUT2D eigenvalue weighted by molar-refractivity contribution is 5.95. The van der Waals surface area contributed by atoms with Gasteiger partial charge in [-0.2, -0.15) is 5.10 Å². The van der Waals surface area contributed by atoms with Crippen molar-refractivity contribution < 1.29 is 9.59 Å². The number of rotatable bonds is 4. The molecule has 3 amide bonds. The summed E-state index contributed by atoms with van der Waals surface area (Å²) in [4.78, 5) is 25.6. The number of aromatic nitrogens is 2. The zero-order valence-electron chi connectivity index (χ0n) is 14.1. The molecule has 7 heteroatoms. The highest BCUT2D eigenvalue weighted by Gasteiger charge is 2.21. The van der Waals surface area contributed by atoms with Crippen molar-refractivity contribution in [1.82, 2.24) is 15.1 Å². The number of carbonyl (C=O) groups excluding carboxylic acids is 2. The standard InChI is InChI=1S/C17H21N5O2/c1-11-15(12(2)21(3)20-11)10-16(23)19-13-4-6-14(7-5-13)22-9-8-18-17(22)24/h4-7H,8-10H2,1-3H3,(H,18,24)(H,19,23). The molecular formula is C17H21N5O2. The monoisotopic (exact) mass is 327 g/mol. The Morgan fingerprint density at radius 3 is 2.54 bits per heavy atom. The quantitative estimate of drug-likeness (QED) is 0.898. The lowest BCUT2D eigenvalue weighted by Crippen LogP contribution is -2.27. The lowest BCUT2D eigenvalue weighted by atomic mass is 10.1. The molecule has 0 aliphatic carbocycles. The first-order valence-corrected chi connectivity index (χ1v) is 7.90. The number of carbonyl (C=O) groups is 2. The molecule has 1 saturated heterocycles. The molecule has 7 nitrogen and oxygen atoms in total. The van der Waals surface area contributed by atoms with E-state index in [0.29, 0.717) is 25.2 Å². The molecule has 1 aliphatic rings. The molecule has 2 heterocycles. The maximum atomic E-state index is 12.3. The minimum absolute atomic E-state index is 0.0825. The second-order valence-corrected chi connectivity index (χ2v) is 5.93. The fraction of sp³-hybridized carbons (Fsp3) is 0.353. The third-order valence-electron chi connectivity index (χ3n) is 4.32. The molecule has 0 spiro atoms. The molecule has 0 radical (unpaired) electrons. The number of urea groups is 1. The van der Waals surface area contributed by atoms with Gasteiger partial charge in [-0.3, -0.25) is 14.4 Å². The molecule has 0 saturated carbocycles. The number of aryl methyl sites for hydroxylation is 2. The first kappa shape index (κ1) is 16.0. The van der Waals surface area contributed by atoms with Crippen LogP contribution in [0.2, 0.25) is 0 Å². The van der Waals surface area contributed by atoms with Crippen molar-refractivity contribution in [1.29, 1.82) is 0 Å². The molecular weight excluding hydrogens is 306 g/mol. The van der Waals surface area contributed by atoms with E-state index in [1.54, 1.807) is 9.58 Å². The fourth-order valence-corrected chi connectivity index (χ4v) is 2.88. The van der Waals surface area contributed by atoms with Crippen molar-refractivity contribution in [2.24, 2.45) is 7.05 Å². The topological polar surface area (TPSA) is 79.3 Å². The fourth-order valence-electron chi connectivity index (χ4n) is 2.88. The van der Waals surface area contributed by atoms with Crippen LogP contribution in [0.3, 0.4) is 0 Å². The molecule has 2 N–H and O–H groups in total. The van der Waals surface area contributed by atoms with Gasteiger partial charge in [-0.15, -0.1) is 0 Å². The Hall–Kier alpha value is -2.83. The third-order valence-corrected chi connectivity index (χ3v) is 4.32. The maximum absolute atomic E-state index is 12.3. The largest absolute Gasteiger partial charge is 0.336 e. The van der Waals surface area contributed by atoms with Crippen molar-refractivity contribution in [3.8, 4) is 0 Å². The summed E-state index contributed by atoms with van der Waals surface area (Å²) in [6.07, 6.45) is 0.293. The molecule has 0 bridgehead atoms. The van der Waals surface area contributed by atoms with Gasteiger partial charge >= 0.3 is 6.03 Å². The number of benzene rings is 1. The van der Waals surface area contributed by atoms with Crippen molar-refractivity contribution in [3.05, 3.63) is 41.2 Å². The van der Waals surface area contributed by atoms with Gasteiger partial charge in [0.25, 0.3) is 0 Å². The van der Waals surface area contributed by atoms with E-state index in [-0.39, 0.29) is 11.9 Å². The number of amides is 3. The SMILES string of the molecule is Cc1nn(C)c(C)c1CC(=O)Nc1ccc(N2CCNC2=O)cc1. The number of nitrogens with zero attached hydrogens (tertiary/aromatic N) is 3. The van der Waals surface area contributed by atoms with Crippen molar-refractivity contribution in [2.45, 2.75) is 20.3 Å². The van der Waals surface area contributed by atoms with E-state index in [4.69, 9.17) is 0 Å². The Bertz CT molecular complexity index is 779. The summed E-state index contributed by atoms with van der Waals surface area (Å²) < 4.78 is 1.79. The molecule has 24 heavy (non-hydrogen) atoms. The van der Waals surface area contributed by atoms with Crippen LogP contribution in [0.4, 0.5) is 16.2 Å². The highest BCUT2D eigenvalue weighted by Crippen LogP contribution is 2.20. The summed E-state index contributed by atoms with van der Waals surface area (Å²) in [5.74, 6) is -0.0825. The van der Waals surface area contributed by atoms with Gasteiger partial charge in [0.05, 0.1) is 12.1 Å². The van der Waals surface area contributed by atoms with E-state index in [1.807, 2.05) is 45.2 Å². The molecule has 1 fully saturated rings. The molecule has 126 valence electrons. The van der Waals surface area contributed by atoms with Crippen LogP contribution in [0, 0.1) is 13.8 Å². The first-order valence-electron chi connectivity index (χ1n) is 7.90. The van der Waals surface area contributed by atoms with Crippen LogP contribution in [0.25, 0.3) is 0 Å². The second kappa shape index (κ2) is 6.35. The van der Waals surface area contributed by atoms with Gasteiger partial charge in [0.2, 0.25) is 5.91 Å². The van der Waals surface area contributed by atoms with Crippen molar-refractivity contribution in [2.75, 3.05) is 23.3 Å². The lowest BCUT2D eigenvalue weighted by Gasteiger charge is -2.14. The first-order chi connectivity index (χ1) is 11.5. The van der Waals surface area contributed by atoms with Crippen molar-refractivity contribution >= 4 is 23.3 Å². The average Bonchev–Trinajstić information content (AvgIpc) is 3.07. The minimum Gasteiger partial charge on any atom is -0.336 e. The van der Waals surface area contributed by atoms with Crippen LogP contribution >= 0.6 is 0 Å². The molecule has 1 aromatic heterocycles. The Morgan fingerprint density at radius 2 is 2.00 bits per heavy atom. The summed E-state index contributed by atoms with van der Waals surface area (Å²) in [5, 5.41) is 9.98. The van der Waals surface area contributed by atoms with Crippen LogP contribution in [-0.2, 0) is 18.3 Å². The van der Waals surface area contributed by atoms with Gasteiger partial charge < -0.3 is 10.6 Å². The van der Waals surface area contributed by atoms with E-state index < -0.39 is 0 Å². The van der Waals surface area contributed by atoms with Crippen LogP contribution in [0.1, 0.15) is 17.0 Å². The zero-order chi connectivity index (χ0) is 17.3. The number of nitrogens with one attached hydrogen (secondary N) is 2. The van der Waals surface area contributed by atoms with E-state index in [0.717, 1.165) is 22.6 Å². The van der Waals surface area contributed by atoms with Gasteiger partial charge in [-0.25, -0.2) is 4.79 Å². The predicted molar refractivity (Wildman–Crippen MR) is 92.2 cm³/mol. The molecule has 3 rings (SSSR count). The number of hydrogen-bond acceptors (Lipinski definition) is 3. The van der Waals surface area contributed by atoms with E-state index in [1.165, 1.54) is 0 Å². The van der Waals surface area contributed by atoms with Crippen molar-refractivity contribution in [3.63, 3.8) is 0 Å². The number of anilines is 2. The van der Waals surface area contributed by atoms with Crippen LogP contribution in [-0.4, -0.2) is 34.8 Å². The molecule has 0 unspecified atom stereocenters. The van der Waals surface area contributed by atoms with Gasteiger partial charge in [-0.1, -0.05) is 0 Å². The predicted octanol–water partition coefficient (Wildman–Crippen LogP) is 1.75. The lowest BCUT2D eigenvalue weighted by molar-refractivity contribution is -0.115. The maximum Gasteiger partial charge on any atom is 0.321 e. The molecule has 1 aliphatic heterocycles. The Labute approximate surface area is 140 Å². The van der Waals surface area contributed by atoms with E-state index >= 15 is 0 Å². The smallest absolute Gasteiger partial charge is 0.321 e. The molecule has 0 atom stereocenters. The molecule has 2 aromatic rings. The summed E-state index contributed by atoms with van der Waals surface area (Å²) >= 11 is 0. The van der Waals surface area contributed by atoms with Crippen LogP contribution < -0.4 is 15.5 Å². The van der Waals surface area contributed by atoms with E-state index in [9.17, 15) is 9.59 Å².